The third-order valence-electron chi connectivity index (χ3n) is 10.6. The first-order valence-electron chi connectivity index (χ1n) is 17.2. The molecule has 9 rings (SSSR count). The van der Waals surface area contributed by atoms with Crippen molar-refractivity contribution in [3.63, 3.8) is 0 Å². The van der Waals surface area contributed by atoms with Crippen molar-refractivity contribution in [3.8, 4) is 11.4 Å². The lowest BCUT2D eigenvalue weighted by Crippen LogP contribution is -2.72. The zero-order chi connectivity index (χ0) is 33.2. The Kier molecular flexibility index (Phi) is 6.75. The maximum atomic E-state index is 2.54. The number of hydrogen-bond acceptors (Lipinski definition) is 0. The highest BCUT2D eigenvalue weighted by Gasteiger charge is 2.49. The molecule has 0 aliphatic heterocycles. The molecular weight excluding hydrogens is 609 g/mol. The van der Waals surface area contributed by atoms with Crippen molar-refractivity contribution >= 4 is 67.2 Å². The van der Waals surface area contributed by atoms with E-state index in [2.05, 4.69) is 206 Å². The molecule has 0 aliphatic carbocycles. The van der Waals surface area contributed by atoms with Crippen molar-refractivity contribution in [2.75, 3.05) is 0 Å². The molecular formula is C46H38N2Si. The summed E-state index contributed by atoms with van der Waals surface area (Å²) in [6.07, 6.45) is 0. The first-order chi connectivity index (χ1) is 24.0. The Labute approximate surface area is 288 Å². The van der Waals surface area contributed by atoms with Gasteiger partial charge in [0, 0.05) is 27.2 Å². The van der Waals surface area contributed by atoms with Gasteiger partial charge in [-0.25, -0.2) is 0 Å². The molecule has 49 heavy (non-hydrogen) atoms. The van der Waals surface area contributed by atoms with Crippen LogP contribution >= 0.6 is 0 Å². The van der Waals surface area contributed by atoms with Gasteiger partial charge in [-0.3, -0.25) is 0 Å². The van der Waals surface area contributed by atoms with E-state index >= 15 is 0 Å². The van der Waals surface area contributed by atoms with E-state index in [0.29, 0.717) is 0 Å². The normalized spacial score (nSPS) is 12.4. The van der Waals surface area contributed by atoms with Gasteiger partial charge in [-0.2, -0.15) is 0 Å². The van der Waals surface area contributed by atoms with Crippen LogP contribution in [-0.2, 0) is 0 Å². The topological polar surface area (TPSA) is 9.86 Å². The number of aromatic nitrogens is 2. The summed E-state index contributed by atoms with van der Waals surface area (Å²) in [7, 11) is -2.57. The van der Waals surface area contributed by atoms with E-state index in [-0.39, 0.29) is 5.04 Å². The van der Waals surface area contributed by atoms with Crippen LogP contribution in [-0.4, -0.2) is 17.2 Å². The SMILES string of the molecule is CC(C)(C)[Si](c1ccccc1)(c1ccccc1)c1ccc2c3ccccc3n(-c3cccc4c3c3ccccc3n4-c3ccccc3)c2c1. The summed E-state index contributed by atoms with van der Waals surface area (Å²) in [6, 6.07) is 65.3. The molecule has 2 nitrogen and oxygen atoms in total. The zero-order valence-electron chi connectivity index (χ0n) is 28.1. The highest BCUT2D eigenvalue weighted by Crippen LogP contribution is 2.41. The number of para-hydroxylation sites is 3. The fourth-order valence-corrected chi connectivity index (χ4v) is 14.4. The summed E-state index contributed by atoms with van der Waals surface area (Å²) in [5.74, 6) is 0. The highest BCUT2D eigenvalue weighted by molar-refractivity contribution is 7.13. The molecule has 0 saturated carbocycles. The minimum Gasteiger partial charge on any atom is -0.309 e. The second kappa shape index (κ2) is 11.2. The summed E-state index contributed by atoms with van der Waals surface area (Å²) in [5, 5.41) is 9.35. The molecule has 0 saturated heterocycles. The highest BCUT2D eigenvalue weighted by atomic mass is 28.3. The molecule has 0 fully saturated rings. The number of hydrogen-bond donors (Lipinski definition) is 0. The van der Waals surface area contributed by atoms with Crippen molar-refractivity contribution in [1.82, 2.24) is 9.13 Å². The largest absolute Gasteiger partial charge is 0.309 e. The predicted octanol–water partition coefficient (Wildman–Crippen LogP) is 10.2. The van der Waals surface area contributed by atoms with Gasteiger partial charge in [0.1, 0.15) is 0 Å². The van der Waals surface area contributed by atoms with Crippen molar-refractivity contribution in [3.05, 3.63) is 176 Å². The van der Waals surface area contributed by atoms with Gasteiger partial charge in [-0.05, 0) is 63.1 Å². The summed E-state index contributed by atoms with van der Waals surface area (Å²) >= 11 is 0. The Balaban J connectivity index is 1.42. The fourth-order valence-electron chi connectivity index (χ4n) is 8.68. The standard InChI is InChI=1S/C46H38N2Si/c1-46(2,3)49(34-20-9-5-10-21-34,35-22-11-6-12-23-35)36-30-31-38-37-24-13-15-26-40(37)48(44(38)32-36)43-29-17-28-42-45(43)39-25-14-16-27-41(39)47(42)33-18-7-4-8-19-33/h4-32H,1-3H3. The Bertz CT molecular complexity index is 2590. The first-order valence-corrected chi connectivity index (χ1v) is 19.2. The van der Waals surface area contributed by atoms with Gasteiger partial charge in [0.25, 0.3) is 0 Å². The summed E-state index contributed by atoms with van der Waals surface area (Å²) < 4.78 is 4.95. The Morgan fingerprint density at radius 2 is 0.898 bits per heavy atom. The van der Waals surface area contributed by atoms with Crippen LogP contribution in [0.3, 0.4) is 0 Å². The fraction of sp³-hybridized carbons (Fsp3) is 0.0870. The van der Waals surface area contributed by atoms with Gasteiger partial charge in [0.2, 0.25) is 0 Å². The molecule has 9 aromatic rings. The molecule has 2 heterocycles. The average molecular weight is 647 g/mol. The molecule has 236 valence electrons. The van der Waals surface area contributed by atoms with Gasteiger partial charge in [0.15, 0.2) is 8.07 Å². The van der Waals surface area contributed by atoms with E-state index in [1.165, 1.54) is 70.5 Å². The number of nitrogens with zero attached hydrogens (tertiary/aromatic N) is 2. The number of benzene rings is 7. The zero-order valence-corrected chi connectivity index (χ0v) is 29.1. The second-order valence-corrected chi connectivity index (χ2v) is 18.9. The molecule has 0 amide bonds. The molecule has 0 aliphatic rings. The van der Waals surface area contributed by atoms with Crippen LogP contribution in [0.15, 0.2) is 176 Å². The van der Waals surface area contributed by atoms with E-state index in [1.807, 2.05) is 0 Å². The van der Waals surface area contributed by atoms with Crippen LogP contribution in [0.25, 0.3) is 55.0 Å². The third kappa shape index (κ3) is 4.32. The summed E-state index contributed by atoms with van der Waals surface area (Å²) in [6.45, 7) is 7.33. The minimum absolute atomic E-state index is 0.0106. The average Bonchev–Trinajstić information content (AvgIpc) is 3.65. The molecule has 0 unspecified atom stereocenters. The van der Waals surface area contributed by atoms with Gasteiger partial charge >= 0.3 is 0 Å². The van der Waals surface area contributed by atoms with E-state index in [1.54, 1.807) is 0 Å². The first kappa shape index (κ1) is 29.5. The number of rotatable bonds is 5. The quantitative estimate of drug-likeness (QED) is 0.130. The van der Waals surface area contributed by atoms with Crippen molar-refractivity contribution in [2.45, 2.75) is 25.8 Å². The molecule has 3 heteroatoms. The van der Waals surface area contributed by atoms with Crippen LogP contribution in [0.5, 0.6) is 0 Å². The van der Waals surface area contributed by atoms with Crippen LogP contribution in [0, 0.1) is 0 Å². The van der Waals surface area contributed by atoms with Crippen molar-refractivity contribution in [2.24, 2.45) is 0 Å². The van der Waals surface area contributed by atoms with Gasteiger partial charge in [-0.15, -0.1) is 0 Å². The Morgan fingerprint density at radius 1 is 0.388 bits per heavy atom. The molecule has 0 N–H and O–H groups in total. The lowest BCUT2D eigenvalue weighted by Gasteiger charge is -2.44. The van der Waals surface area contributed by atoms with Crippen LogP contribution < -0.4 is 15.6 Å². The van der Waals surface area contributed by atoms with Crippen LogP contribution in [0.1, 0.15) is 20.8 Å². The molecule has 0 atom stereocenters. The smallest absolute Gasteiger partial charge is 0.153 e. The summed E-state index contributed by atoms with van der Waals surface area (Å²) in [4.78, 5) is 0. The molecule has 0 bridgehead atoms. The van der Waals surface area contributed by atoms with E-state index in [4.69, 9.17) is 0 Å². The third-order valence-corrected chi connectivity index (χ3v) is 16.4. The molecule has 7 aromatic carbocycles. The van der Waals surface area contributed by atoms with Crippen molar-refractivity contribution < 1.29 is 0 Å². The van der Waals surface area contributed by atoms with Crippen molar-refractivity contribution in [1.29, 1.82) is 0 Å². The van der Waals surface area contributed by atoms with E-state index in [0.717, 1.165) is 0 Å². The van der Waals surface area contributed by atoms with Gasteiger partial charge < -0.3 is 9.13 Å². The van der Waals surface area contributed by atoms with E-state index < -0.39 is 8.07 Å². The maximum absolute atomic E-state index is 2.57. The molecule has 0 spiro atoms. The Morgan fingerprint density at radius 3 is 1.53 bits per heavy atom. The molecule has 2 aromatic heterocycles. The van der Waals surface area contributed by atoms with Gasteiger partial charge in [-0.1, -0.05) is 154 Å². The van der Waals surface area contributed by atoms with E-state index in [9.17, 15) is 0 Å². The maximum Gasteiger partial charge on any atom is 0.153 e. The molecule has 0 radical (unpaired) electrons. The lowest BCUT2D eigenvalue weighted by atomic mass is 10.1. The lowest BCUT2D eigenvalue weighted by molar-refractivity contribution is 0.739. The van der Waals surface area contributed by atoms with Gasteiger partial charge in [0.05, 0.1) is 27.8 Å². The second-order valence-electron chi connectivity index (χ2n) is 14.2. The van der Waals surface area contributed by atoms with Crippen LogP contribution in [0.2, 0.25) is 5.04 Å². The predicted molar refractivity (Wildman–Crippen MR) is 212 cm³/mol. The Hall–Kier alpha value is -5.64. The van der Waals surface area contributed by atoms with Crippen LogP contribution in [0.4, 0.5) is 0 Å². The summed E-state index contributed by atoms with van der Waals surface area (Å²) in [5.41, 5.74) is 7.26. The monoisotopic (exact) mass is 646 g/mol. The minimum atomic E-state index is -2.57. The number of fused-ring (bicyclic) bond motifs is 6.